The molecule has 0 aliphatic carbocycles. The first-order chi connectivity index (χ1) is 8.56. The zero-order valence-electron chi connectivity index (χ0n) is 10.4. The van der Waals surface area contributed by atoms with Crippen LogP contribution in [-0.4, -0.2) is 35.0 Å². The topological polar surface area (TPSA) is 83.6 Å². The van der Waals surface area contributed by atoms with E-state index >= 15 is 0 Å². The highest BCUT2D eigenvalue weighted by atomic mass is 16.4. The molecular weight excluding hydrogens is 232 g/mol. The minimum atomic E-state index is -0.967. The number of amides is 1. The maximum atomic E-state index is 11.6. The first-order valence-electron chi connectivity index (χ1n) is 5.86. The number of primary amides is 1. The normalized spacial score (nSPS) is 12.3. The molecule has 18 heavy (non-hydrogen) atoms. The number of nitrogens with two attached hydrogens (primary N) is 1. The molecule has 3 N–H and O–H groups in total. The van der Waals surface area contributed by atoms with Gasteiger partial charge in [-0.2, -0.15) is 0 Å². The largest absolute Gasteiger partial charge is 0.480 e. The van der Waals surface area contributed by atoms with E-state index in [1.165, 1.54) is 0 Å². The number of hydrogen-bond acceptors (Lipinski definition) is 3. The summed E-state index contributed by atoms with van der Waals surface area (Å²) in [5.74, 6) is -1.50. The Kier molecular flexibility index (Phi) is 5.32. The third kappa shape index (κ3) is 3.85. The van der Waals surface area contributed by atoms with E-state index in [9.17, 15) is 9.59 Å². The van der Waals surface area contributed by atoms with Crippen LogP contribution in [0.4, 0.5) is 0 Å². The van der Waals surface area contributed by atoms with Gasteiger partial charge in [-0.25, -0.2) is 0 Å². The molecule has 0 radical (unpaired) electrons. The van der Waals surface area contributed by atoms with Crippen LogP contribution in [0.2, 0.25) is 0 Å². The standard InChI is InChI=1S/C13H18N2O3/c1-2-8-15(9-11(16)17)12(13(14)18)10-6-4-3-5-7-10/h3-7,12H,2,8-9H2,1H3,(H2,14,18)(H,16,17). The van der Waals surface area contributed by atoms with Crippen LogP contribution in [0.25, 0.3) is 0 Å². The molecule has 0 saturated heterocycles. The lowest BCUT2D eigenvalue weighted by Crippen LogP contribution is -2.41. The van der Waals surface area contributed by atoms with Gasteiger partial charge in [0.05, 0.1) is 6.54 Å². The Hall–Kier alpha value is -1.88. The van der Waals surface area contributed by atoms with Crippen molar-refractivity contribution in [2.75, 3.05) is 13.1 Å². The highest BCUT2D eigenvalue weighted by molar-refractivity contribution is 5.82. The zero-order valence-corrected chi connectivity index (χ0v) is 10.4. The smallest absolute Gasteiger partial charge is 0.317 e. The summed E-state index contributed by atoms with van der Waals surface area (Å²) in [6.07, 6.45) is 0.754. The summed E-state index contributed by atoms with van der Waals surface area (Å²) in [5, 5.41) is 8.89. The van der Waals surface area contributed by atoms with Crippen LogP contribution in [0.3, 0.4) is 0 Å². The number of hydrogen-bond donors (Lipinski definition) is 2. The number of carboxylic acids is 1. The fourth-order valence-corrected chi connectivity index (χ4v) is 1.95. The highest BCUT2D eigenvalue weighted by Gasteiger charge is 2.26. The van der Waals surface area contributed by atoms with Crippen LogP contribution in [0.5, 0.6) is 0 Å². The van der Waals surface area contributed by atoms with Crippen molar-refractivity contribution in [2.24, 2.45) is 5.73 Å². The van der Waals surface area contributed by atoms with E-state index in [0.717, 1.165) is 12.0 Å². The van der Waals surface area contributed by atoms with Gasteiger partial charge < -0.3 is 10.8 Å². The van der Waals surface area contributed by atoms with Gasteiger partial charge in [-0.15, -0.1) is 0 Å². The van der Waals surface area contributed by atoms with Crippen molar-refractivity contribution in [2.45, 2.75) is 19.4 Å². The van der Waals surface area contributed by atoms with Crippen LogP contribution in [0.1, 0.15) is 24.9 Å². The Morgan fingerprint density at radius 2 is 1.94 bits per heavy atom. The number of carbonyl (C=O) groups is 2. The van der Waals surface area contributed by atoms with Crippen LogP contribution < -0.4 is 5.73 Å². The molecule has 0 aromatic heterocycles. The first kappa shape index (κ1) is 14.2. The van der Waals surface area contributed by atoms with Crippen LogP contribution >= 0.6 is 0 Å². The molecule has 0 aliphatic heterocycles. The monoisotopic (exact) mass is 250 g/mol. The van der Waals surface area contributed by atoms with Crippen molar-refractivity contribution in [3.63, 3.8) is 0 Å². The van der Waals surface area contributed by atoms with Crippen molar-refractivity contribution in [3.05, 3.63) is 35.9 Å². The second-order valence-corrected chi connectivity index (χ2v) is 4.08. The van der Waals surface area contributed by atoms with E-state index in [4.69, 9.17) is 10.8 Å². The van der Waals surface area contributed by atoms with Gasteiger partial charge >= 0.3 is 5.97 Å². The van der Waals surface area contributed by atoms with Crippen molar-refractivity contribution in [1.82, 2.24) is 4.90 Å². The molecule has 5 nitrogen and oxygen atoms in total. The molecule has 0 bridgehead atoms. The Morgan fingerprint density at radius 1 is 1.33 bits per heavy atom. The minimum absolute atomic E-state index is 0.198. The predicted octanol–water partition coefficient (Wildman–Crippen LogP) is 1.01. The summed E-state index contributed by atoms with van der Waals surface area (Å²) in [4.78, 5) is 24.0. The summed E-state index contributed by atoms with van der Waals surface area (Å²) in [6, 6.07) is 8.30. The van der Waals surface area contributed by atoms with Crippen molar-refractivity contribution in [1.29, 1.82) is 0 Å². The third-order valence-electron chi connectivity index (χ3n) is 2.60. The summed E-state index contributed by atoms with van der Waals surface area (Å²) >= 11 is 0. The number of nitrogens with zero attached hydrogens (tertiary/aromatic N) is 1. The lowest BCUT2D eigenvalue weighted by atomic mass is 10.0. The van der Waals surface area contributed by atoms with Crippen molar-refractivity contribution >= 4 is 11.9 Å². The molecule has 0 fully saturated rings. The zero-order chi connectivity index (χ0) is 13.5. The number of rotatable bonds is 7. The maximum Gasteiger partial charge on any atom is 0.317 e. The van der Waals surface area contributed by atoms with Gasteiger partial charge in [0.2, 0.25) is 5.91 Å². The molecule has 0 heterocycles. The Balaban J connectivity index is 3.00. The summed E-state index contributed by atoms with van der Waals surface area (Å²) < 4.78 is 0. The SMILES string of the molecule is CCCN(CC(=O)O)C(C(N)=O)c1ccccc1. The van der Waals surface area contributed by atoms with E-state index in [2.05, 4.69) is 0 Å². The molecular formula is C13H18N2O3. The highest BCUT2D eigenvalue weighted by Crippen LogP contribution is 2.20. The molecule has 1 unspecified atom stereocenters. The molecule has 1 rings (SSSR count). The van der Waals surface area contributed by atoms with Gasteiger partial charge in [0, 0.05) is 0 Å². The molecule has 0 spiro atoms. The van der Waals surface area contributed by atoms with Gasteiger partial charge in [0.25, 0.3) is 0 Å². The first-order valence-corrected chi connectivity index (χ1v) is 5.86. The van der Waals surface area contributed by atoms with Crippen LogP contribution in [0.15, 0.2) is 30.3 Å². The molecule has 0 saturated carbocycles. The fourth-order valence-electron chi connectivity index (χ4n) is 1.95. The van der Waals surface area contributed by atoms with Gasteiger partial charge in [0.15, 0.2) is 0 Å². The minimum Gasteiger partial charge on any atom is -0.480 e. The van der Waals surface area contributed by atoms with E-state index < -0.39 is 17.9 Å². The summed E-state index contributed by atoms with van der Waals surface area (Å²) in [7, 11) is 0. The quantitative estimate of drug-likeness (QED) is 0.756. The number of carboxylic acid groups (broad SMARTS) is 1. The summed E-state index contributed by atoms with van der Waals surface area (Å²) in [5.41, 5.74) is 6.12. The van der Waals surface area contributed by atoms with Gasteiger partial charge in [-0.3, -0.25) is 14.5 Å². The Bertz CT molecular complexity index is 406. The number of benzene rings is 1. The average molecular weight is 250 g/mol. The molecule has 1 atom stereocenters. The lowest BCUT2D eigenvalue weighted by Gasteiger charge is -2.27. The van der Waals surface area contributed by atoms with Crippen LogP contribution in [-0.2, 0) is 9.59 Å². The lowest BCUT2D eigenvalue weighted by molar-refractivity contribution is -0.139. The molecule has 1 aromatic rings. The second kappa shape index (κ2) is 6.76. The van der Waals surface area contributed by atoms with E-state index in [1.807, 2.05) is 13.0 Å². The van der Waals surface area contributed by atoms with Gasteiger partial charge in [-0.05, 0) is 18.5 Å². The van der Waals surface area contributed by atoms with Crippen LogP contribution in [0, 0.1) is 0 Å². The Labute approximate surface area is 106 Å². The van der Waals surface area contributed by atoms with Gasteiger partial charge in [0.1, 0.15) is 6.04 Å². The molecule has 98 valence electrons. The third-order valence-corrected chi connectivity index (χ3v) is 2.60. The number of carbonyl (C=O) groups excluding carboxylic acids is 1. The fraction of sp³-hybridized carbons (Fsp3) is 0.385. The van der Waals surface area contributed by atoms with E-state index in [0.29, 0.717) is 6.54 Å². The van der Waals surface area contributed by atoms with Crippen molar-refractivity contribution < 1.29 is 14.7 Å². The summed E-state index contributed by atoms with van der Waals surface area (Å²) in [6.45, 7) is 2.24. The van der Waals surface area contributed by atoms with E-state index in [-0.39, 0.29) is 6.54 Å². The second-order valence-electron chi connectivity index (χ2n) is 4.08. The average Bonchev–Trinajstić information content (AvgIpc) is 2.29. The molecule has 1 aromatic carbocycles. The molecule has 1 amide bonds. The maximum absolute atomic E-state index is 11.6. The van der Waals surface area contributed by atoms with Crippen molar-refractivity contribution in [3.8, 4) is 0 Å². The van der Waals surface area contributed by atoms with Gasteiger partial charge in [-0.1, -0.05) is 37.3 Å². The van der Waals surface area contributed by atoms with E-state index in [1.54, 1.807) is 29.2 Å². The molecule has 0 aliphatic rings. The Morgan fingerprint density at radius 3 is 2.39 bits per heavy atom. The predicted molar refractivity (Wildman–Crippen MR) is 67.9 cm³/mol. The number of aliphatic carboxylic acids is 1. The molecule has 5 heteroatoms.